The number of methoxy groups -OCH3 is 1. The molecule has 29 heavy (non-hydrogen) atoms. The van der Waals surface area contributed by atoms with Crippen molar-refractivity contribution in [3.8, 4) is 11.5 Å². The van der Waals surface area contributed by atoms with Crippen molar-refractivity contribution < 1.29 is 22.7 Å². The minimum absolute atomic E-state index is 0.0923. The third-order valence-corrected chi connectivity index (χ3v) is 6.44. The lowest BCUT2D eigenvalue weighted by Crippen LogP contribution is -2.49. The molecule has 1 saturated heterocycles. The lowest BCUT2D eigenvalue weighted by atomic mass is 10.1. The summed E-state index contributed by atoms with van der Waals surface area (Å²) in [6.07, 6.45) is 0.517. The van der Waals surface area contributed by atoms with Gasteiger partial charge in [0, 0.05) is 19.1 Å². The second kappa shape index (κ2) is 9.28. The second-order valence-corrected chi connectivity index (χ2v) is 8.68. The molecule has 0 spiro atoms. The van der Waals surface area contributed by atoms with Gasteiger partial charge in [-0.05, 0) is 56.2 Å². The Balaban J connectivity index is 1.52. The molecule has 1 amide bonds. The molecule has 1 aliphatic rings. The van der Waals surface area contributed by atoms with Crippen molar-refractivity contribution in [2.24, 2.45) is 0 Å². The Bertz CT molecular complexity index is 908. The van der Waals surface area contributed by atoms with Gasteiger partial charge in [0.1, 0.15) is 11.5 Å². The highest BCUT2D eigenvalue weighted by atomic mass is 32.2. The van der Waals surface area contributed by atoms with Crippen LogP contribution in [0.4, 0.5) is 0 Å². The average Bonchev–Trinajstić information content (AvgIpc) is 2.74. The van der Waals surface area contributed by atoms with E-state index in [1.165, 1.54) is 19.2 Å². The van der Waals surface area contributed by atoms with Crippen molar-refractivity contribution in [2.45, 2.75) is 36.8 Å². The molecule has 2 aromatic carbocycles. The first-order valence-electron chi connectivity index (χ1n) is 9.56. The van der Waals surface area contributed by atoms with Crippen LogP contribution in [-0.4, -0.2) is 51.6 Å². The number of benzene rings is 2. The number of rotatable bonds is 7. The number of carbonyl (C=O) groups excluding carboxylic acids is 1. The number of hydrogen-bond donors (Lipinski definition) is 1. The van der Waals surface area contributed by atoms with E-state index in [9.17, 15) is 13.2 Å². The van der Waals surface area contributed by atoms with Crippen LogP contribution in [0.5, 0.6) is 11.5 Å². The molecule has 1 atom stereocenters. The van der Waals surface area contributed by atoms with Crippen LogP contribution in [0.15, 0.2) is 59.5 Å². The maximum atomic E-state index is 12.6. The van der Waals surface area contributed by atoms with Crippen molar-refractivity contribution >= 4 is 15.9 Å². The largest absolute Gasteiger partial charge is 0.497 e. The summed E-state index contributed by atoms with van der Waals surface area (Å²) in [4.78, 5) is 14.6. The standard InChI is InChI=1S/C21H26N2O5S/c1-16(28-19-6-4-3-5-7-19)21(24)23-14-12-17(13-15-23)22-29(25,26)20-10-8-18(27-2)9-11-20/h3-11,16-17,22H,12-15H2,1-2H3/t16-/m1/s1. The Morgan fingerprint density at radius 1 is 1.03 bits per heavy atom. The van der Waals surface area contributed by atoms with Gasteiger partial charge in [0.2, 0.25) is 10.0 Å². The molecule has 1 heterocycles. The van der Waals surface area contributed by atoms with E-state index in [2.05, 4.69) is 4.72 Å². The summed E-state index contributed by atoms with van der Waals surface area (Å²) < 4.78 is 38.6. The number of ether oxygens (including phenoxy) is 2. The maximum Gasteiger partial charge on any atom is 0.263 e. The molecule has 7 nitrogen and oxygen atoms in total. The van der Waals surface area contributed by atoms with Gasteiger partial charge in [-0.25, -0.2) is 13.1 Å². The summed E-state index contributed by atoms with van der Waals surface area (Å²) in [5, 5.41) is 0. The van der Waals surface area contributed by atoms with Gasteiger partial charge in [-0.15, -0.1) is 0 Å². The van der Waals surface area contributed by atoms with E-state index in [1.807, 2.05) is 30.3 Å². The SMILES string of the molecule is COc1ccc(S(=O)(=O)NC2CCN(C(=O)[C@@H](C)Oc3ccccc3)CC2)cc1. The van der Waals surface area contributed by atoms with E-state index in [4.69, 9.17) is 9.47 Å². The fourth-order valence-corrected chi connectivity index (χ4v) is 4.58. The van der Waals surface area contributed by atoms with E-state index >= 15 is 0 Å². The topological polar surface area (TPSA) is 84.9 Å². The third-order valence-electron chi connectivity index (χ3n) is 4.90. The molecule has 1 fully saturated rings. The molecule has 156 valence electrons. The Morgan fingerprint density at radius 2 is 1.66 bits per heavy atom. The first kappa shape index (κ1) is 21.1. The minimum Gasteiger partial charge on any atom is -0.497 e. The van der Waals surface area contributed by atoms with Crippen LogP contribution >= 0.6 is 0 Å². The fourth-order valence-electron chi connectivity index (χ4n) is 3.27. The normalized spacial score (nSPS) is 16.3. The number of piperidine rings is 1. The zero-order chi connectivity index (χ0) is 20.9. The lowest BCUT2D eigenvalue weighted by molar-refractivity contribution is -0.139. The highest BCUT2D eigenvalue weighted by Gasteiger charge is 2.29. The summed E-state index contributed by atoms with van der Waals surface area (Å²) >= 11 is 0. The van der Waals surface area contributed by atoms with Gasteiger partial charge in [0.05, 0.1) is 12.0 Å². The number of nitrogens with one attached hydrogen (secondary N) is 1. The van der Waals surface area contributed by atoms with E-state index in [0.717, 1.165) is 0 Å². The minimum atomic E-state index is -3.61. The molecule has 0 radical (unpaired) electrons. The van der Waals surface area contributed by atoms with Crippen molar-refractivity contribution in [3.05, 3.63) is 54.6 Å². The highest BCUT2D eigenvalue weighted by molar-refractivity contribution is 7.89. The summed E-state index contributed by atoms with van der Waals surface area (Å²) in [6, 6.07) is 15.3. The van der Waals surface area contributed by atoms with E-state index < -0.39 is 16.1 Å². The van der Waals surface area contributed by atoms with Gasteiger partial charge in [0.15, 0.2) is 6.10 Å². The van der Waals surface area contributed by atoms with Crippen molar-refractivity contribution in [1.82, 2.24) is 9.62 Å². The van der Waals surface area contributed by atoms with E-state index in [0.29, 0.717) is 37.4 Å². The molecule has 2 aromatic rings. The van der Waals surface area contributed by atoms with Crippen LogP contribution in [0.3, 0.4) is 0 Å². The molecule has 1 N–H and O–H groups in total. The quantitative estimate of drug-likeness (QED) is 0.747. The van der Waals surface area contributed by atoms with Crippen LogP contribution in [0.25, 0.3) is 0 Å². The summed E-state index contributed by atoms with van der Waals surface area (Å²) in [7, 11) is -2.08. The highest BCUT2D eigenvalue weighted by Crippen LogP contribution is 2.19. The fraction of sp³-hybridized carbons (Fsp3) is 0.381. The number of nitrogens with zero attached hydrogens (tertiary/aromatic N) is 1. The lowest BCUT2D eigenvalue weighted by Gasteiger charge is -2.33. The van der Waals surface area contributed by atoms with Crippen molar-refractivity contribution in [1.29, 1.82) is 0 Å². The summed E-state index contributed by atoms with van der Waals surface area (Å²) in [5.74, 6) is 1.16. The summed E-state index contributed by atoms with van der Waals surface area (Å²) in [6.45, 7) is 2.70. The Morgan fingerprint density at radius 3 is 2.24 bits per heavy atom. The first-order chi connectivity index (χ1) is 13.9. The van der Waals surface area contributed by atoms with Crippen molar-refractivity contribution in [3.63, 3.8) is 0 Å². The molecule has 0 bridgehead atoms. The van der Waals surface area contributed by atoms with Crippen LogP contribution in [0.1, 0.15) is 19.8 Å². The van der Waals surface area contributed by atoms with Gasteiger partial charge < -0.3 is 14.4 Å². The van der Waals surface area contributed by atoms with Gasteiger partial charge in [-0.3, -0.25) is 4.79 Å². The third kappa shape index (κ3) is 5.48. The van der Waals surface area contributed by atoms with E-state index in [1.54, 1.807) is 24.0 Å². The van der Waals surface area contributed by atoms with E-state index in [-0.39, 0.29) is 16.8 Å². The van der Waals surface area contributed by atoms with Crippen molar-refractivity contribution in [2.75, 3.05) is 20.2 Å². The van der Waals surface area contributed by atoms with Gasteiger partial charge >= 0.3 is 0 Å². The van der Waals surface area contributed by atoms with Crippen LogP contribution in [0.2, 0.25) is 0 Å². The Hall–Kier alpha value is -2.58. The number of amides is 1. The molecule has 0 aromatic heterocycles. The maximum absolute atomic E-state index is 12.6. The molecule has 1 aliphatic heterocycles. The van der Waals surface area contributed by atoms with Gasteiger partial charge in [-0.1, -0.05) is 18.2 Å². The van der Waals surface area contributed by atoms with Gasteiger partial charge in [-0.2, -0.15) is 0 Å². The van der Waals surface area contributed by atoms with Crippen LogP contribution < -0.4 is 14.2 Å². The molecular weight excluding hydrogens is 392 g/mol. The number of para-hydroxylation sites is 1. The predicted molar refractivity (Wildman–Crippen MR) is 109 cm³/mol. The van der Waals surface area contributed by atoms with Crippen LogP contribution in [0, 0.1) is 0 Å². The zero-order valence-electron chi connectivity index (χ0n) is 16.6. The molecule has 3 rings (SSSR count). The Labute approximate surface area is 171 Å². The molecule has 0 aliphatic carbocycles. The molecule has 8 heteroatoms. The zero-order valence-corrected chi connectivity index (χ0v) is 17.4. The smallest absolute Gasteiger partial charge is 0.263 e. The van der Waals surface area contributed by atoms with Crippen LogP contribution in [-0.2, 0) is 14.8 Å². The monoisotopic (exact) mass is 418 g/mol. The van der Waals surface area contributed by atoms with Gasteiger partial charge in [0.25, 0.3) is 5.91 Å². The predicted octanol–water partition coefficient (Wildman–Crippen LogP) is 2.43. The first-order valence-corrected chi connectivity index (χ1v) is 11.0. The number of likely N-dealkylation sites (tertiary alicyclic amines) is 1. The Kier molecular flexibility index (Phi) is 6.76. The molecular formula is C21H26N2O5S. The number of carbonyl (C=O) groups is 1. The number of hydrogen-bond acceptors (Lipinski definition) is 5. The molecule has 0 saturated carbocycles. The molecule has 0 unspecified atom stereocenters. The second-order valence-electron chi connectivity index (χ2n) is 6.97. The average molecular weight is 419 g/mol. The number of sulfonamides is 1. The summed E-state index contributed by atoms with van der Waals surface area (Å²) in [5.41, 5.74) is 0.